The van der Waals surface area contributed by atoms with Gasteiger partial charge in [-0.25, -0.2) is 0 Å². The molecule has 0 aliphatic heterocycles. The summed E-state index contributed by atoms with van der Waals surface area (Å²) in [5.74, 6) is 0. The average Bonchev–Trinajstić information content (AvgIpc) is 2.54. The number of hydrogen-bond donors (Lipinski definition) is 0. The average molecular weight is 288 g/mol. The molecule has 3 aromatic carbocycles. The standard InChI is InChI=1S/C19H16.C3H8/c1-13-5-4-7-15-12-19-16(11-18(13)15)10-9-14-6-2-3-8-17(14)19;1-3-2/h3-5,7-12H,2,6H2,1H3;3H2,1-2H3. The lowest BCUT2D eigenvalue weighted by molar-refractivity contribution is 0.990. The van der Waals surface area contributed by atoms with Gasteiger partial charge in [0.2, 0.25) is 0 Å². The largest absolute Gasteiger partial charge is 0.0836 e. The van der Waals surface area contributed by atoms with Crippen molar-refractivity contribution in [1.29, 1.82) is 0 Å². The van der Waals surface area contributed by atoms with Crippen LogP contribution in [0.5, 0.6) is 0 Å². The van der Waals surface area contributed by atoms with Crippen molar-refractivity contribution in [3.05, 3.63) is 65.2 Å². The summed E-state index contributed by atoms with van der Waals surface area (Å²) >= 11 is 0. The lowest BCUT2D eigenvalue weighted by Crippen LogP contribution is -1.95. The van der Waals surface area contributed by atoms with Gasteiger partial charge in [0.1, 0.15) is 0 Å². The lowest BCUT2D eigenvalue weighted by Gasteiger charge is -2.14. The Morgan fingerprint density at radius 3 is 2.45 bits per heavy atom. The molecule has 0 heteroatoms. The quantitative estimate of drug-likeness (QED) is 0.405. The summed E-state index contributed by atoms with van der Waals surface area (Å²) in [7, 11) is 0. The maximum atomic E-state index is 2.35. The first-order chi connectivity index (χ1) is 10.7. The molecule has 0 radical (unpaired) electrons. The summed E-state index contributed by atoms with van der Waals surface area (Å²) in [6.07, 6.45) is 8.18. The Balaban J connectivity index is 0.000000446. The molecule has 1 aliphatic rings. The second-order valence-electron chi connectivity index (χ2n) is 6.16. The van der Waals surface area contributed by atoms with E-state index in [1.54, 1.807) is 0 Å². The minimum absolute atomic E-state index is 1.17. The molecule has 0 saturated carbocycles. The normalized spacial score (nSPS) is 12.9. The van der Waals surface area contributed by atoms with E-state index in [0.717, 1.165) is 0 Å². The van der Waals surface area contributed by atoms with Crippen molar-refractivity contribution in [2.75, 3.05) is 0 Å². The van der Waals surface area contributed by atoms with Gasteiger partial charge in [-0.15, -0.1) is 0 Å². The molecular formula is C22H24. The molecule has 0 aromatic heterocycles. The van der Waals surface area contributed by atoms with E-state index in [4.69, 9.17) is 0 Å². The molecule has 3 aromatic rings. The van der Waals surface area contributed by atoms with Gasteiger partial charge in [0, 0.05) is 0 Å². The predicted octanol–water partition coefficient (Wildman–Crippen LogP) is 6.68. The SMILES string of the molecule is CCC.Cc1cccc2cc3c4c(ccc3cc12)CCC=C4. The van der Waals surface area contributed by atoms with Crippen molar-refractivity contribution >= 4 is 27.6 Å². The van der Waals surface area contributed by atoms with Gasteiger partial charge in [0.05, 0.1) is 0 Å². The minimum Gasteiger partial charge on any atom is -0.0836 e. The van der Waals surface area contributed by atoms with Crippen molar-refractivity contribution in [2.24, 2.45) is 0 Å². The minimum atomic E-state index is 1.17. The molecule has 0 amide bonds. The van der Waals surface area contributed by atoms with E-state index in [1.165, 1.54) is 57.5 Å². The fourth-order valence-corrected chi connectivity index (χ4v) is 3.18. The number of aryl methyl sites for hydroxylation is 2. The highest BCUT2D eigenvalue weighted by molar-refractivity contribution is 6.03. The highest BCUT2D eigenvalue weighted by Gasteiger charge is 2.09. The summed E-state index contributed by atoms with van der Waals surface area (Å²) in [5, 5.41) is 5.47. The van der Waals surface area contributed by atoms with E-state index < -0.39 is 0 Å². The zero-order chi connectivity index (χ0) is 15.5. The summed E-state index contributed by atoms with van der Waals surface area (Å²) in [4.78, 5) is 0. The fraction of sp³-hybridized carbons (Fsp3) is 0.273. The number of allylic oxidation sites excluding steroid dienone is 1. The molecule has 0 spiro atoms. The zero-order valence-corrected chi connectivity index (χ0v) is 13.8. The smallest absolute Gasteiger partial charge is 0.0102 e. The summed E-state index contributed by atoms with van der Waals surface area (Å²) in [6, 6.07) is 15.8. The van der Waals surface area contributed by atoms with Gasteiger partial charge in [0.25, 0.3) is 0 Å². The maximum Gasteiger partial charge on any atom is -0.0102 e. The third-order valence-electron chi connectivity index (χ3n) is 4.23. The Bertz CT molecular complexity index is 837. The molecule has 0 fully saturated rings. The van der Waals surface area contributed by atoms with Crippen LogP contribution in [-0.2, 0) is 6.42 Å². The first kappa shape index (κ1) is 14.8. The van der Waals surface area contributed by atoms with Gasteiger partial charge in [0.15, 0.2) is 0 Å². The van der Waals surface area contributed by atoms with Crippen LogP contribution in [-0.4, -0.2) is 0 Å². The van der Waals surface area contributed by atoms with Gasteiger partial charge in [-0.2, -0.15) is 0 Å². The van der Waals surface area contributed by atoms with Gasteiger partial charge < -0.3 is 0 Å². The van der Waals surface area contributed by atoms with Crippen molar-refractivity contribution in [3.8, 4) is 0 Å². The van der Waals surface area contributed by atoms with Crippen LogP contribution < -0.4 is 0 Å². The zero-order valence-electron chi connectivity index (χ0n) is 13.8. The molecule has 0 unspecified atom stereocenters. The van der Waals surface area contributed by atoms with Crippen LogP contribution in [0, 0.1) is 6.92 Å². The highest BCUT2D eigenvalue weighted by Crippen LogP contribution is 2.32. The second-order valence-corrected chi connectivity index (χ2v) is 6.16. The molecule has 0 atom stereocenters. The first-order valence-corrected chi connectivity index (χ1v) is 8.36. The van der Waals surface area contributed by atoms with Crippen LogP contribution in [0.4, 0.5) is 0 Å². The van der Waals surface area contributed by atoms with E-state index in [0.29, 0.717) is 0 Å². The van der Waals surface area contributed by atoms with Crippen LogP contribution in [0.25, 0.3) is 27.6 Å². The lowest BCUT2D eigenvalue weighted by atomic mass is 9.90. The Morgan fingerprint density at radius 2 is 1.64 bits per heavy atom. The van der Waals surface area contributed by atoms with Crippen LogP contribution in [0.2, 0.25) is 0 Å². The fourth-order valence-electron chi connectivity index (χ4n) is 3.18. The van der Waals surface area contributed by atoms with E-state index in [1.807, 2.05) is 0 Å². The van der Waals surface area contributed by atoms with Crippen LogP contribution in [0.15, 0.2) is 48.5 Å². The number of hydrogen-bond acceptors (Lipinski definition) is 0. The topological polar surface area (TPSA) is 0 Å². The van der Waals surface area contributed by atoms with Gasteiger partial charge in [-0.1, -0.05) is 62.8 Å². The first-order valence-electron chi connectivity index (χ1n) is 8.36. The number of fused-ring (bicyclic) bond motifs is 4. The molecule has 0 N–H and O–H groups in total. The third kappa shape index (κ3) is 2.66. The van der Waals surface area contributed by atoms with Crippen molar-refractivity contribution in [3.63, 3.8) is 0 Å². The van der Waals surface area contributed by atoms with Gasteiger partial charge in [-0.3, -0.25) is 0 Å². The van der Waals surface area contributed by atoms with E-state index in [-0.39, 0.29) is 0 Å². The Kier molecular flexibility index (Phi) is 4.29. The van der Waals surface area contributed by atoms with Crippen LogP contribution >= 0.6 is 0 Å². The van der Waals surface area contributed by atoms with Crippen LogP contribution in [0.3, 0.4) is 0 Å². The molecule has 0 bridgehead atoms. The van der Waals surface area contributed by atoms with Crippen molar-refractivity contribution in [1.82, 2.24) is 0 Å². The summed E-state index contributed by atoms with van der Waals surface area (Å²) < 4.78 is 0. The molecule has 22 heavy (non-hydrogen) atoms. The predicted molar refractivity (Wildman–Crippen MR) is 99.5 cm³/mol. The molecular weight excluding hydrogens is 264 g/mol. The maximum absolute atomic E-state index is 2.35. The number of rotatable bonds is 0. The Morgan fingerprint density at radius 1 is 0.909 bits per heavy atom. The number of benzene rings is 3. The third-order valence-corrected chi connectivity index (χ3v) is 4.23. The Hall–Kier alpha value is -2.08. The molecule has 1 aliphatic carbocycles. The molecule has 0 saturated heterocycles. The van der Waals surface area contributed by atoms with Gasteiger partial charge in [-0.05, 0) is 70.1 Å². The Labute approximate surface area is 133 Å². The van der Waals surface area contributed by atoms with Crippen LogP contribution in [0.1, 0.15) is 43.4 Å². The highest BCUT2D eigenvalue weighted by atomic mass is 14.1. The van der Waals surface area contributed by atoms with E-state index in [2.05, 4.69) is 75.4 Å². The summed E-state index contributed by atoms with van der Waals surface area (Å²) in [6.45, 7) is 6.44. The summed E-state index contributed by atoms with van der Waals surface area (Å²) in [5.41, 5.74) is 4.27. The molecule has 112 valence electrons. The second kappa shape index (κ2) is 6.36. The van der Waals surface area contributed by atoms with E-state index in [9.17, 15) is 0 Å². The van der Waals surface area contributed by atoms with Crippen molar-refractivity contribution < 1.29 is 0 Å². The molecule has 4 rings (SSSR count). The van der Waals surface area contributed by atoms with Crippen molar-refractivity contribution in [2.45, 2.75) is 40.0 Å². The van der Waals surface area contributed by atoms with Gasteiger partial charge >= 0.3 is 0 Å². The molecule has 0 nitrogen and oxygen atoms in total. The monoisotopic (exact) mass is 288 g/mol. The van der Waals surface area contributed by atoms with E-state index >= 15 is 0 Å². The molecule has 0 heterocycles.